The lowest BCUT2D eigenvalue weighted by atomic mass is 9.80. The van der Waals surface area contributed by atoms with Crippen LogP contribution < -0.4 is 0 Å². The van der Waals surface area contributed by atoms with Gasteiger partial charge in [0.05, 0.1) is 0 Å². The molecule has 2 aliphatic rings. The van der Waals surface area contributed by atoms with Crippen LogP contribution in [0.4, 0.5) is 0 Å². The van der Waals surface area contributed by atoms with E-state index in [1.807, 2.05) is 0 Å². The summed E-state index contributed by atoms with van der Waals surface area (Å²) in [5.41, 5.74) is -0.474. The molecule has 2 rings (SSSR count). The van der Waals surface area contributed by atoms with Gasteiger partial charge in [-0.15, -0.1) is 0 Å². The number of hydrogen-bond acceptors (Lipinski definition) is 3. The second-order valence-corrected chi connectivity index (χ2v) is 5.36. The van der Waals surface area contributed by atoms with Gasteiger partial charge in [0.25, 0.3) is 0 Å². The minimum absolute atomic E-state index is 0.168. The Kier molecular flexibility index (Phi) is 4.57. The highest BCUT2D eigenvalue weighted by Crippen LogP contribution is 2.35. The molecule has 0 bridgehead atoms. The first kappa shape index (κ1) is 13.0. The molecule has 0 atom stereocenters. The Morgan fingerprint density at radius 3 is 2.24 bits per heavy atom. The van der Waals surface area contributed by atoms with Crippen molar-refractivity contribution in [1.29, 1.82) is 0 Å². The summed E-state index contributed by atoms with van der Waals surface area (Å²) >= 11 is 0. The van der Waals surface area contributed by atoms with Crippen molar-refractivity contribution in [2.24, 2.45) is 5.92 Å². The van der Waals surface area contributed by atoms with Crippen molar-refractivity contribution < 1.29 is 14.3 Å². The van der Waals surface area contributed by atoms with Crippen LogP contribution in [0.15, 0.2) is 0 Å². The molecule has 0 amide bonds. The molecule has 1 heterocycles. The fourth-order valence-electron chi connectivity index (χ4n) is 3.18. The SMILES string of the molecule is COC1(C(=O)C2CCOCC2)CCCCCC1. The van der Waals surface area contributed by atoms with E-state index in [-0.39, 0.29) is 5.92 Å². The maximum atomic E-state index is 12.7. The van der Waals surface area contributed by atoms with Crippen LogP contribution >= 0.6 is 0 Å². The molecule has 1 aliphatic heterocycles. The molecule has 98 valence electrons. The van der Waals surface area contributed by atoms with Crippen molar-refractivity contribution in [3.63, 3.8) is 0 Å². The average Bonchev–Trinajstić information content (AvgIpc) is 2.65. The molecule has 1 aliphatic carbocycles. The van der Waals surface area contributed by atoms with E-state index in [0.29, 0.717) is 5.78 Å². The Morgan fingerprint density at radius 2 is 1.71 bits per heavy atom. The molecular weight excluding hydrogens is 216 g/mol. The van der Waals surface area contributed by atoms with Gasteiger partial charge >= 0.3 is 0 Å². The highest BCUT2D eigenvalue weighted by molar-refractivity contribution is 5.89. The summed E-state index contributed by atoms with van der Waals surface area (Å²) in [7, 11) is 1.71. The van der Waals surface area contributed by atoms with Crippen molar-refractivity contribution in [2.75, 3.05) is 20.3 Å². The number of carbonyl (C=O) groups excluding carboxylic acids is 1. The third-order valence-corrected chi connectivity index (χ3v) is 4.34. The van der Waals surface area contributed by atoms with E-state index in [0.717, 1.165) is 51.7 Å². The van der Waals surface area contributed by atoms with Crippen LogP contribution in [-0.4, -0.2) is 31.7 Å². The van der Waals surface area contributed by atoms with Crippen molar-refractivity contribution in [3.8, 4) is 0 Å². The highest BCUT2D eigenvalue weighted by Gasteiger charge is 2.42. The Balaban J connectivity index is 2.06. The molecule has 0 aromatic rings. The lowest BCUT2D eigenvalue weighted by Crippen LogP contribution is -2.45. The Hall–Kier alpha value is -0.410. The van der Waals surface area contributed by atoms with Gasteiger partial charge < -0.3 is 9.47 Å². The van der Waals surface area contributed by atoms with Crippen LogP contribution in [0.5, 0.6) is 0 Å². The molecule has 0 aromatic carbocycles. The molecule has 17 heavy (non-hydrogen) atoms. The van der Waals surface area contributed by atoms with Crippen LogP contribution in [-0.2, 0) is 14.3 Å². The average molecular weight is 240 g/mol. The van der Waals surface area contributed by atoms with Crippen molar-refractivity contribution in [1.82, 2.24) is 0 Å². The summed E-state index contributed by atoms with van der Waals surface area (Å²) in [5, 5.41) is 0. The van der Waals surface area contributed by atoms with Gasteiger partial charge in [-0.25, -0.2) is 0 Å². The number of rotatable bonds is 3. The van der Waals surface area contributed by atoms with E-state index in [4.69, 9.17) is 9.47 Å². The molecule has 0 aromatic heterocycles. The first-order valence-electron chi connectivity index (χ1n) is 6.96. The maximum Gasteiger partial charge on any atom is 0.167 e. The van der Waals surface area contributed by atoms with Gasteiger partial charge in [0.2, 0.25) is 0 Å². The molecule has 3 heteroatoms. The Bertz CT molecular complexity index is 248. The Labute approximate surface area is 104 Å². The number of carbonyl (C=O) groups is 1. The van der Waals surface area contributed by atoms with Gasteiger partial charge in [0, 0.05) is 26.2 Å². The predicted octanol–water partition coefficient (Wildman–Crippen LogP) is 2.72. The van der Waals surface area contributed by atoms with Crippen LogP contribution in [0, 0.1) is 5.92 Å². The lowest BCUT2D eigenvalue weighted by molar-refractivity contribution is -0.150. The molecule has 0 N–H and O–H groups in total. The molecule has 0 radical (unpaired) electrons. The fourth-order valence-corrected chi connectivity index (χ4v) is 3.18. The molecule has 1 saturated carbocycles. The third kappa shape index (κ3) is 2.89. The summed E-state index contributed by atoms with van der Waals surface area (Å²) in [6.45, 7) is 1.46. The summed E-state index contributed by atoms with van der Waals surface area (Å²) < 4.78 is 11.0. The lowest BCUT2D eigenvalue weighted by Gasteiger charge is -2.34. The monoisotopic (exact) mass is 240 g/mol. The molecule has 0 unspecified atom stereocenters. The fraction of sp³-hybridized carbons (Fsp3) is 0.929. The molecular formula is C14H24O3. The van der Waals surface area contributed by atoms with Crippen LogP contribution in [0.25, 0.3) is 0 Å². The van der Waals surface area contributed by atoms with E-state index in [1.54, 1.807) is 7.11 Å². The first-order chi connectivity index (χ1) is 8.28. The number of hydrogen-bond donors (Lipinski definition) is 0. The van der Waals surface area contributed by atoms with Crippen LogP contribution in [0.1, 0.15) is 51.4 Å². The molecule has 2 fully saturated rings. The molecule has 1 saturated heterocycles. The third-order valence-electron chi connectivity index (χ3n) is 4.34. The second kappa shape index (κ2) is 5.96. The topological polar surface area (TPSA) is 35.5 Å². The smallest absolute Gasteiger partial charge is 0.167 e. The van der Waals surface area contributed by atoms with Crippen LogP contribution in [0.3, 0.4) is 0 Å². The first-order valence-corrected chi connectivity index (χ1v) is 6.96. The van der Waals surface area contributed by atoms with Gasteiger partial charge in [-0.1, -0.05) is 25.7 Å². The van der Waals surface area contributed by atoms with Gasteiger partial charge in [-0.2, -0.15) is 0 Å². The van der Waals surface area contributed by atoms with Crippen molar-refractivity contribution >= 4 is 5.78 Å². The quantitative estimate of drug-likeness (QED) is 0.712. The highest BCUT2D eigenvalue weighted by atomic mass is 16.5. The summed E-state index contributed by atoms with van der Waals surface area (Å²) in [5.74, 6) is 0.520. The van der Waals surface area contributed by atoms with Gasteiger partial charge in [-0.05, 0) is 25.7 Å². The number of methoxy groups -OCH3 is 1. The maximum absolute atomic E-state index is 12.7. The summed E-state index contributed by atoms with van der Waals surface area (Å²) in [4.78, 5) is 12.7. The number of ether oxygens (including phenoxy) is 2. The normalized spacial score (nSPS) is 26.4. The Morgan fingerprint density at radius 1 is 1.12 bits per heavy atom. The van der Waals surface area contributed by atoms with Crippen molar-refractivity contribution in [3.05, 3.63) is 0 Å². The van der Waals surface area contributed by atoms with E-state index >= 15 is 0 Å². The van der Waals surface area contributed by atoms with Gasteiger partial charge in [-0.3, -0.25) is 4.79 Å². The van der Waals surface area contributed by atoms with E-state index in [9.17, 15) is 4.79 Å². The zero-order chi connectivity index (χ0) is 12.1. The van der Waals surface area contributed by atoms with E-state index in [1.165, 1.54) is 12.8 Å². The zero-order valence-corrected chi connectivity index (χ0v) is 10.9. The second-order valence-electron chi connectivity index (χ2n) is 5.36. The molecule has 3 nitrogen and oxygen atoms in total. The van der Waals surface area contributed by atoms with Crippen LogP contribution in [0.2, 0.25) is 0 Å². The number of Topliss-reactive ketones (excluding diaryl/α,β-unsaturated/α-hetero) is 1. The predicted molar refractivity (Wildman–Crippen MR) is 66.0 cm³/mol. The minimum atomic E-state index is -0.474. The standard InChI is InChI=1S/C14H24O3/c1-16-14(8-4-2-3-5-9-14)13(15)12-6-10-17-11-7-12/h12H,2-11H2,1H3. The minimum Gasteiger partial charge on any atom is -0.381 e. The van der Waals surface area contributed by atoms with Gasteiger partial charge in [0.1, 0.15) is 5.60 Å². The zero-order valence-electron chi connectivity index (χ0n) is 10.9. The van der Waals surface area contributed by atoms with E-state index in [2.05, 4.69) is 0 Å². The van der Waals surface area contributed by atoms with Crippen molar-refractivity contribution in [2.45, 2.75) is 57.0 Å². The van der Waals surface area contributed by atoms with E-state index < -0.39 is 5.60 Å². The van der Waals surface area contributed by atoms with Gasteiger partial charge in [0.15, 0.2) is 5.78 Å². The largest absolute Gasteiger partial charge is 0.381 e. The molecule has 0 spiro atoms. The summed E-state index contributed by atoms with van der Waals surface area (Å²) in [6, 6.07) is 0. The summed E-state index contributed by atoms with van der Waals surface area (Å²) in [6.07, 6.45) is 8.33. The number of ketones is 1.